The quantitative estimate of drug-likeness (QED) is 0.629. The molecule has 0 aliphatic heterocycles. The van der Waals surface area contributed by atoms with Gasteiger partial charge in [0.2, 0.25) is 5.95 Å². The first kappa shape index (κ1) is 7.97. The largest absolute Gasteiger partial charge is 0.383 e. The highest BCUT2D eigenvalue weighted by Crippen LogP contribution is 2.18. The lowest BCUT2D eigenvalue weighted by Gasteiger charge is -1.98. The number of hydrogen-bond acceptors (Lipinski definition) is 2. The fourth-order valence-corrected chi connectivity index (χ4v) is 1.21. The minimum atomic E-state index is -0.616. The van der Waals surface area contributed by atoms with E-state index < -0.39 is 11.8 Å². The van der Waals surface area contributed by atoms with Gasteiger partial charge in [-0.3, -0.25) is 4.40 Å². The molecule has 0 unspecified atom stereocenters. The Morgan fingerprint density at radius 3 is 2.69 bits per heavy atom. The van der Waals surface area contributed by atoms with Crippen molar-refractivity contribution in [3.63, 3.8) is 0 Å². The van der Waals surface area contributed by atoms with Crippen LogP contribution in [0.2, 0.25) is 0 Å². The minimum absolute atomic E-state index is 0.0741. The second kappa shape index (κ2) is 2.42. The van der Waals surface area contributed by atoms with Crippen molar-refractivity contribution in [1.29, 1.82) is 0 Å². The Morgan fingerprint density at radius 2 is 2.08 bits per heavy atom. The van der Waals surface area contributed by atoms with E-state index in [4.69, 9.17) is 5.73 Å². The van der Waals surface area contributed by atoms with E-state index in [1.807, 2.05) is 0 Å². The van der Waals surface area contributed by atoms with Crippen LogP contribution in [0.3, 0.4) is 0 Å². The van der Waals surface area contributed by atoms with Crippen LogP contribution in [0, 0.1) is 18.7 Å². The number of hydrogen-bond donors (Lipinski definition) is 1. The first-order valence-corrected chi connectivity index (χ1v) is 3.70. The number of rotatable bonds is 0. The van der Waals surface area contributed by atoms with E-state index >= 15 is 0 Å². The minimum Gasteiger partial charge on any atom is -0.383 e. The summed E-state index contributed by atoms with van der Waals surface area (Å²) >= 11 is 0. The highest BCUT2D eigenvalue weighted by Gasteiger charge is 2.12. The number of halogens is 2. The highest BCUT2D eigenvalue weighted by atomic mass is 19.1. The van der Waals surface area contributed by atoms with Crippen LogP contribution in [0.15, 0.2) is 12.1 Å². The molecule has 2 heterocycles. The molecule has 13 heavy (non-hydrogen) atoms. The van der Waals surface area contributed by atoms with Gasteiger partial charge in [0.1, 0.15) is 5.82 Å². The summed E-state index contributed by atoms with van der Waals surface area (Å²) in [7, 11) is 0. The maximum Gasteiger partial charge on any atom is 0.201 e. The number of aromatic nitrogens is 2. The zero-order valence-corrected chi connectivity index (χ0v) is 6.88. The fourth-order valence-electron chi connectivity index (χ4n) is 1.21. The Hall–Kier alpha value is -1.65. The molecule has 68 valence electrons. The molecule has 0 fully saturated rings. The van der Waals surface area contributed by atoms with Crippen molar-refractivity contribution in [3.05, 3.63) is 29.6 Å². The summed E-state index contributed by atoms with van der Waals surface area (Å²) in [5, 5.41) is 0. The molecule has 0 amide bonds. The first-order chi connectivity index (χ1) is 6.11. The summed E-state index contributed by atoms with van der Waals surface area (Å²) in [6, 6.07) is 2.04. The van der Waals surface area contributed by atoms with Crippen molar-refractivity contribution in [3.8, 4) is 0 Å². The van der Waals surface area contributed by atoms with Crippen molar-refractivity contribution >= 4 is 11.5 Å². The molecule has 0 saturated heterocycles. The average molecular weight is 183 g/mol. The lowest BCUT2D eigenvalue weighted by Crippen LogP contribution is -1.99. The number of nitrogen functional groups attached to an aromatic ring is 1. The Bertz CT molecular complexity index is 476. The topological polar surface area (TPSA) is 43.3 Å². The third-order valence-corrected chi connectivity index (χ3v) is 1.89. The van der Waals surface area contributed by atoms with Crippen molar-refractivity contribution < 1.29 is 8.78 Å². The monoisotopic (exact) mass is 183 g/mol. The molecule has 2 aromatic heterocycles. The van der Waals surface area contributed by atoms with E-state index in [9.17, 15) is 8.78 Å². The summed E-state index contributed by atoms with van der Waals surface area (Å²) in [4.78, 5) is 3.80. The van der Waals surface area contributed by atoms with Crippen LogP contribution >= 0.6 is 0 Å². The van der Waals surface area contributed by atoms with Crippen molar-refractivity contribution in [1.82, 2.24) is 9.38 Å². The second-order valence-electron chi connectivity index (χ2n) is 2.75. The normalized spacial score (nSPS) is 11.0. The van der Waals surface area contributed by atoms with Crippen molar-refractivity contribution in [2.45, 2.75) is 6.92 Å². The highest BCUT2D eigenvalue weighted by molar-refractivity contribution is 5.53. The van der Waals surface area contributed by atoms with Gasteiger partial charge in [-0.15, -0.1) is 0 Å². The lowest BCUT2D eigenvalue weighted by molar-refractivity contribution is 0.553. The standard InChI is InChI=1S/C8H7F2N3/c1-4-7(11)13-6(10)3-2-5(9)8(13)12-4/h2-3H,11H2,1H3. The van der Waals surface area contributed by atoms with E-state index in [1.54, 1.807) is 6.92 Å². The van der Waals surface area contributed by atoms with Crippen LogP contribution in [0.4, 0.5) is 14.6 Å². The second-order valence-corrected chi connectivity index (χ2v) is 2.75. The van der Waals surface area contributed by atoms with E-state index in [0.717, 1.165) is 16.5 Å². The van der Waals surface area contributed by atoms with Gasteiger partial charge in [0.15, 0.2) is 11.5 Å². The van der Waals surface area contributed by atoms with Gasteiger partial charge in [0, 0.05) is 0 Å². The SMILES string of the molecule is Cc1nc2c(F)ccc(F)n2c1N. The number of aryl methyl sites for hydroxylation is 1. The van der Waals surface area contributed by atoms with E-state index in [-0.39, 0.29) is 11.5 Å². The molecule has 0 spiro atoms. The van der Waals surface area contributed by atoms with Gasteiger partial charge < -0.3 is 5.73 Å². The van der Waals surface area contributed by atoms with Crippen LogP contribution in [-0.4, -0.2) is 9.38 Å². The Morgan fingerprint density at radius 1 is 1.38 bits per heavy atom. The van der Waals surface area contributed by atoms with Gasteiger partial charge in [0.25, 0.3) is 0 Å². The third kappa shape index (κ3) is 0.965. The molecule has 0 bridgehead atoms. The van der Waals surface area contributed by atoms with Crippen LogP contribution in [-0.2, 0) is 0 Å². The molecule has 0 atom stereocenters. The number of fused-ring (bicyclic) bond motifs is 1. The molecule has 2 rings (SSSR count). The van der Waals surface area contributed by atoms with E-state index in [1.165, 1.54) is 0 Å². The van der Waals surface area contributed by atoms with Crippen molar-refractivity contribution in [2.24, 2.45) is 0 Å². The fraction of sp³-hybridized carbons (Fsp3) is 0.125. The molecule has 0 radical (unpaired) electrons. The predicted molar refractivity (Wildman–Crippen MR) is 44.3 cm³/mol. The molecule has 5 heteroatoms. The molecule has 0 saturated carbocycles. The summed E-state index contributed by atoms with van der Waals surface area (Å²) in [5.74, 6) is -1.07. The summed E-state index contributed by atoms with van der Waals surface area (Å²) in [6.07, 6.45) is 0. The van der Waals surface area contributed by atoms with Gasteiger partial charge in [-0.05, 0) is 19.1 Å². The number of nitrogens with zero attached hydrogens (tertiary/aromatic N) is 2. The predicted octanol–water partition coefficient (Wildman–Crippen LogP) is 1.50. The molecular formula is C8H7F2N3. The first-order valence-electron chi connectivity index (χ1n) is 3.70. The average Bonchev–Trinajstić information content (AvgIpc) is 2.38. The lowest BCUT2D eigenvalue weighted by atomic mass is 10.4. The molecule has 2 aromatic rings. The van der Waals surface area contributed by atoms with E-state index in [0.29, 0.717) is 5.69 Å². The zero-order valence-electron chi connectivity index (χ0n) is 6.88. The van der Waals surface area contributed by atoms with Gasteiger partial charge in [-0.25, -0.2) is 9.37 Å². The van der Waals surface area contributed by atoms with Gasteiger partial charge >= 0.3 is 0 Å². The maximum absolute atomic E-state index is 13.1. The van der Waals surface area contributed by atoms with Gasteiger partial charge in [-0.2, -0.15) is 4.39 Å². The Kier molecular flexibility index (Phi) is 1.48. The summed E-state index contributed by atoms with van der Waals surface area (Å²) in [6.45, 7) is 1.60. The summed E-state index contributed by atoms with van der Waals surface area (Å²) in [5.41, 5.74) is 5.85. The number of anilines is 1. The molecule has 0 aliphatic carbocycles. The number of pyridine rings is 1. The number of imidazole rings is 1. The molecule has 0 aliphatic rings. The zero-order chi connectivity index (χ0) is 9.59. The number of nitrogens with two attached hydrogens (primary N) is 1. The van der Waals surface area contributed by atoms with Crippen LogP contribution in [0.5, 0.6) is 0 Å². The molecule has 0 aromatic carbocycles. The smallest absolute Gasteiger partial charge is 0.201 e. The van der Waals surface area contributed by atoms with Crippen LogP contribution in [0.25, 0.3) is 5.65 Å². The third-order valence-electron chi connectivity index (χ3n) is 1.89. The van der Waals surface area contributed by atoms with Gasteiger partial charge in [0.05, 0.1) is 5.69 Å². The summed E-state index contributed by atoms with van der Waals surface area (Å²) < 4.78 is 27.1. The van der Waals surface area contributed by atoms with Crippen LogP contribution in [0.1, 0.15) is 5.69 Å². The van der Waals surface area contributed by atoms with Crippen LogP contribution < -0.4 is 5.73 Å². The Labute approximate surface area is 72.8 Å². The molecular weight excluding hydrogens is 176 g/mol. The molecule has 2 N–H and O–H groups in total. The van der Waals surface area contributed by atoms with Gasteiger partial charge in [-0.1, -0.05) is 0 Å². The van der Waals surface area contributed by atoms with Crippen molar-refractivity contribution in [2.75, 3.05) is 5.73 Å². The van der Waals surface area contributed by atoms with E-state index in [2.05, 4.69) is 4.98 Å². The maximum atomic E-state index is 13.1. The molecule has 3 nitrogen and oxygen atoms in total. The Balaban J connectivity index is 3.00.